The number of carbonyl (C=O) groups excluding carboxylic acids is 3. The van der Waals surface area contributed by atoms with Crippen LogP contribution in [0, 0.1) is 0 Å². The zero-order valence-corrected chi connectivity index (χ0v) is 10.3. The van der Waals surface area contributed by atoms with Gasteiger partial charge in [-0.15, -0.1) is 0 Å². The average molecular weight is 263 g/mol. The molecule has 1 aromatic heterocycles. The number of aromatic amines is 1. The van der Waals surface area contributed by atoms with Crippen molar-refractivity contribution < 1.29 is 14.4 Å². The van der Waals surface area contributed by atoms with E-state index in [1.165, 1.54) is 23.2 Å². The number of rotatable bonds is 2. The number of aromatic nitrogens is 1. The van der Waals surface area contributed by atoms with Gasteiger partial charge in [-0.25, -0.2) is 0 Å². The minimum Gasteiger partial charge on any atom is -0.328 e. The van der Waals surface area contributed by atoms with Crippen molar-refractivity contribution in [3.8, 4) is 0 Å². The first-order valence-electron chi connectivity index (χ1n) is 5.86. The maximum atomic E-state index is 12.2. The molecule has 1 aliphatic heterocycles. The number of nitrogens with zero attached hydrogens (tertiary/aromatic N) is 1. The summed E-state index contributed by atoms with van der Waals surface area (Å²) in [6.07, 6.45) is 1.68. The largest absolute Gasteiger partial charge is 0.328 e. The van der Waals surface area contributed by atoms with E-state index in [9.17, 15) is 19.2 Å². The molecule has 0 spiro atoms. The lowest BCUT2D eigenvalue weighted by molar-refractivity contribution is -0.138. The quantitative estimate of drug-likeness (QED) is 0.686. The Morgan fingerprint density at radius 1 is 1.37 bits per heavy atom. The number of carbonyl (C=O) groups is 3. The lowest BCUT2D eigenvalue weighted by Gasteiger charge is -2.33. The van der Waals surface area contributed by atoms with E-state index in [1.807, 2.05) is 0 Å². The summed E-state index contributed by atoms with van der Waals surface area (Å²) < 4.78 is 0. The second-order valence-corrected chi connectivity index (χ2v) is 4.21. The molecule has 0 bridgehead atoms. The van der Waals surface area contributed by atoms with E-state index in [2.05, 4.69) is 10.3 Å². The van der Waals surface area contributed by atoms with Gasteiger partial charge in [0.25, 0.3) is 5.91 Å². The number of hydrogen-bond donors (Lipinski definition) is 2. The molecule has 100 valence electrons. The predicted octanol–water partition coefficient (Wildman–Crippen LogP) is -0.748. The Hall–Kier alpha value is -2.44. The van der Waals surface area contributed by atoms with E-state index in [-0.39, 0.29) is 17.7 Å². The van der Waals surface area contributed by atoms with Crippen LogP contribution in [0.4, 0.5) is 0 Å². The molecule has 0 saturated carbocycles. The molecule has 7 heteroatoms. The van der Waals surface area contributed by atoms with Gasteiger partial charge in [0.2, 0.25) is 17.4 Å². The molecule has 0 aromatic carbocycles. The fourth-order valence-electron chi connectivity index (χ4n) is 2.00. The molecule has 1 unspecified atom stereocenters. The Labute approximate surface area is 108 Å². The van der Waals surface area contributed by atoms with Gasteiger partial charge in [-0.3, -0.25) is 24.5 Å². The van der Waals surface area contributed by atoms with Crippen molar-refractivity contribution in [2.24, 2.45) is 0 Å². The van der Waals surface area contributed by atoms with Crippen LogP contribution in [-0.2, 0) is 9.59 Å². The maximum absolute atomic E-state index is 12.2. The third-order valence-electron chi connectivity index (χ3n) is 2.93. The Morgan fingerprint density at radius 3 is 2.68 bits per heavy atom. The Bertz CT molecular complexity index is 572. The van der Waals surface area contributed by atoms with Crippen LogP contribution in [0.3, 0.4) is 0 Å². The van der Waals surface area contributed by atoms with Crippen LogP contribution < -0.4 is 10.9 Å². The van der Waals surface area contributed by atoms with Gasteiger partial charge in [0.05, 0.1) is 5.56 Å². The normalized spacial score (nSPS) is 19.2. The molecule has 1 saturated heterocycles. The summed E-state index contributed by atoms with van der Waals surface area (Å²) in [4.78, 5) is 49.8. The van der Waals surface area contributed by atoms with Gasteiger partial charge in [0, 0.05) is 12.3 Å². The van der Waals surface area contributed by atoms with Crippen molar-refractivity contribution in [3.05, 3.63) is 34.2 Å². The second kappa shape index (κ2) is 5.05. The molecule has 0 aliphatic carbocycles. The van der Waals surface area contributed by atoms with Crippen LogP contribution >= 0.6 is 0 Å². The summed E-state index contributed by atoms with van der Waals surface area (Å²) in [6, 6.07) is 1.92. The van der Waals surface area contributed by atoms with Crippen molar-refractivity contribution in [2.75, 3.05) is 6.54 Å². The van der Waals surface area contributed by atoms with Gasteiger partial charge in [0.1, 0.15) is 12.6 Å². The van der Waals surface area contributed by atoms with Crippen molar-refractivity contribution >= 4 is 17.7 Å². The zero-order chi connectivity index (χ0) is 14.0. The molecular weight excluding hydrogens is 250 g/mol. The maximum Gasteiger partial charge on any atom is 0.256 e. The minimum atomic E-state index is -0.669. The number of hydrogen-bond acceptors (Lipinski definition) is 4. The SMILES string of the molecule is CCC1C(=O)NC(=O)CN1C(=O)c1ccc(=O)[nH]c1. The minimum absolute atomic E-state index is 0.164. The van der Waals surface area contributed by atoms with E-state index in [0.29, 0.717) is 6.42 Å². The van der Waals surface area contributed by atoms with Crippen molar-refractivity contribution in [1.29, 1.82) is 0 Å². The van der Waals surface area contributed by atoms with E-state index in [0.717, 1.165) is 0 Å². The third-order valence-corrected chi connectivity index (χ3v) is 2.93. The van der Waals surface area contributed by atoms with E-state index in [4.69, 9.17) is 0 Å². The second-order valence-electron chi connectivity index (χ2n) is 4.21. The van der Waals surface area contributed by atoms with Crippen LogP contribution in [0.5, 0.6) is 0 Å². The van der Waals surface area contributed by atoms with Crippen molar-refractivity contribution in [3.63, 3.8) is 0 Å². The highest BCUT2D eigenvalue weighted by atomic mass is 16.2. The lowest BCUT2D eigenvalue weighted by Crippen LogP contribution is -2.59. The summed E-state index contributed by atoms with van der Waals surface area (Å²) in [5, 5.41) is 2.20. The zero-order valence-electron chi connectivity index (χ0n) is 10.3. The Kier molecular flexibility index (Phi) is 3.46. The average Bonchev–Trinajstić information content (AvgIpc) is 2.38. The highest BCUT2D eigenvalue weighted by molar-refractivity contribution is 6.07. The fraction of sp³-hybridized carbons (Fsp3) is 0.333. The molecule has 1 fully saturated rings. The fourth-order valence-corrected chi connectivity index (χ4v) is 2.00. The Balaban J connectivity index is 2.29. The predicted molar refractivity (Wildman–Crippen MR) is 65.3 cm³/mol. The van der Waals surface area contributed by atoms with Crippen LogP contribution in [0.2, 0.25) is 0 Å². The third kappa shape index (κ3) is 2.54. The van der Waals surface area contributed by atoms with Crippen molar-refractivity contribution in [1.82, 2.24) is 15.2 Å². The molecule has 2 rings (SSSR count). The summed E-state index contributed by atoms with van der Waals surface area (Å²) >= 11 is 0. The van der Waals surface area contributed by atoms with Crippen LogP contribution in [0.15, 0.2) is 23.1 Å². The van der Waals surface area contributed by atoms with Crippen molar-refractivity contribution in [2.45, 2.75) is 19.4 Å². The molecule has 19 heavy (non-hydrogen) atoms. The smallest absolute Gasteiger partial charge is 0.256 e. The van der Waals surface area contributed by atoms with E-state index < -0.39 is 23.8 Å². The standard InChI is InChI=1S/C12H13N3O4/c1-2-8-11(18)14-10(17)6-15(8)12(19)7-3-4-9(16)13-5-7/h3-5,8H,2,6H2,1H3,(H,13,16)(H,14,17,18). The van der Waals surface area contributed by atoms with Crippen LogP contribution in [-0.4, -0.2) is 40.2 Å². The number of pyridine rings is 1. The summed E-state index contributed by atoms with van der Waals surface area (Å²) in [7, 11) is 0. The Morgan fingerprint density at radius 2 is 2.11 bits per heavy atom. The van der Waals surface area contributed by atoms with Gasteiger partial charge in [-0.1, -0.05) is 6.92 Å². The number of imide groups is 1. The van der Waals surface area contributed by atoms with E-state index >= 15 is 0 Å². The number of amides is 3. The monoisotopic (exact) mass is 263 g/mol. The number of H-pyrrole nitrogens is 1. The molecule has 2 N–H and O–H groups in total. The summed E-state index contributed by atoms with van der Waals surface area (Å²) in [5.41, 5.74) is -0.0865. The van der Waals surface area contributed by atoms with Gasteiger partial charge in [0.15, 0.2) is 0 Å². The number of piperazine rings is 1. The topological polar surface area (TPSA) is 99.3 Å². The molecule has 2 heterocycles. The molecule has 1 aromatic rings. The molecular formula is C12H13N3O4. The van der Waals surface area contributed by atoms with Crippen LogP contribution in [0.25, 0.3) is 0 Å². The summed E-state index contributed by atoms with van der Waals surface area (Å²) in [6.45, 7) is 1.59. The first kappa shape index (κ1) is 13.0. The first-order chi connectivity index (χ1) is 9.02. The highest BCUT2D eigenvalue weighted by Crippen LogP contribution is 2.13. The molecule has 3 amide bonds. The lowest BCUT2D eigenvalue weighted by atomic mass is 10.1. The van der Waals surface area contributed by atoms with Gasteiger partial charge in [-0.2, -0.15) is 0 Å². The van der Waals surface area contributed by atoms with Gasteiger partial charge < -0.3 is 9.88 Å². The molecule has 1 aliphatic rings. The molecule has 0 radical (unpaired) electrons. The highest BCUT2D eigenvalue weighted by Gasteiger charge is 2.35. The van der Waals surface area contributed by atoms with Gasteiger partial charge in [-0.05, 0) is 12.5 Å². The van der Waals surface area contributed by atoms with Gasteiger partial charge >= 0.3 is 0 Å². The first-order valence-corrected chi connectivity index (χ1v) is 5.86. The molecule has 1 atom stereocenters. The number of nitrogens with one attached hydrogen (secondary N) is 2. The van der Waals surface area contributed by atoms with E-state index in [1.54, 1.807) is 6.92 Å². The summed E-state index contributed by atoms with van der Waals surface area (Å²) in [5.74, 6) is -1.43. The molecule has 7 nitrogen and oxygen atoms in total. The van der Waals surface area contributed by atoms with Crippen LogP contribution in [0.1, 0.15) is 23.7 Å².